The number of hydrogen-bond donors (Lipinski definition) is 0. The van der Waals surface area contributed by atoms with Crippen molar-refractivity contribution in [1.29, 1.82) is 0 Å². The fourth-order valence-corrected chi connectivity index (χ4v) is 2.72. The molecule has 0 radical (unpaired) electrons. The van der Waals surface area contributed by atoms with E-state index in [1.165, 1.54) is 0 Å². The van der Waals surface area contributed by atoms with Gasteiger partial charge >= 0.3 is 0 Å². The van der Waals surface area contributed by atoms with Crippen LogP contribution in [-0.2, 0) is 14.3 Å². The van der Waals surface area contributed by atoms with Crippen LogP contribution >= 0.6 is 0 Å². The second-order valence-electron chi connectivity index (χ2n) is 4.51. The first kappa shape index (κ1) is 14.2. The van der Waals surface area contributed by atoms with Gasteiger partial charge in [-0.3, -0.25) is 4.18 Å². The molecule has 3 nitrogen and oxygen atoms in total. The van der Waals surface area contributed by atoms with Crippen molar-refractivity contribution < 1.29 is 12.6 Å². The van der Waals surface area contributed by atoms with Crippen LogP contribution < -0.4 is 0 Å². The molecule has 0 aromatic heterocycles. The Morgan fingerprint density at radius 3 is 2.00 bits per heavy atom. The highest BCUT2D eigenvalue weighted by Crippen LogP contribution is 2.25. The lowest BCUT2D eigenvalue weighted by Crippen LogP contribution is -2.30. The zero-order valence-electron chi connectivity index (χ0n) is 10.9. The predicted molar refractivity (Wildman–Crippen MR) is 68.4 cm³/mol. The zero-order valence-corrected chi connectivity index (χ0v) is 11.7. The van der Waals surface area contributed by atoms with Crippen molar-refractivity contribution in [2.24, 2.45) is 0 Å². The molecule has 0 aliphatic carbocycles. The number of aryl methyl sites for hydroxylation is 1. The summed E-state index contributed by atoms with van der Waals surface area (Å²) in [5.74, 6) is 0. The molecule has 0 fully saturated rings. The SMILES string of the molecule is CCC(C)(CC)OS(=O)(=O)c1ccc(C)cc1. The molecule has 0 aliphatic heterocycles. The molecule has 0 saturated heterocycles. The predicted octanol–water partition coefficient (Wildman–Crippen LogP) is 3.28. The van der Waals surface area contributed by atoms with Crippen molar-refractivity contribution in [2.75, 3.05) is 0 Å². The summed E-state index contributed by atoms with van der Waals surface area (Å²) in [6, 6.07) is 6.70. The molecule has 0 aliphatic rings. The van der Waals surface area contributed by atoms with Crippen molar-refractivity contribution in [2.45, 2.75) is 51.0 Å². The van der Waals surface area contributed by atoms with Crippen LogP contribution in [0.25, 0.3) is 0 Å². The average Bonchev–Trinajstić information content (AvgIpc) is 2.29. The summed E-state index contributed by atoms with van der Waals surface area (Å²) in [4.78, 5) is 0.219. The first-order valence-electron chi connectivity index (χ1n) is 5.85. The Morgan fingerprint density at radius 2 is 1.59 bits per heavy atom. The normalized spacial score (nSPS) is 12.7. The molecule has 0 unspecified atom stereocenters. The van der Waals surface area contributed by atoms with E-state index in [4.69, 9.17) is 4.18 Å². The van der Waals surface area contributed by atoms with Crippen LogP contribution in [0.3, 0.4) is 0 Å². The molecule has 1 aromatic carbocycles. The number of rotatable bonds is 5. The van der Waals surface area contributed by atoms with Gasteiger partial charge in [-0.25, -0.2) is 0 Å². The van der Waals surface area contributed by atoms with Gasteiger partial charge in [-0.05, 0) is 38.8 Å². The minimum absolute atomic E-state index is 0.219. The first-order valence-corrected chi connectivity index (χ1v) is 7.26. The first-order chi connectivity index (χ1) is 7.83. The standard InChI is InChI=1S/C13H20O3S/c1-5-13(4,6-2)16-17(14,15)12-9-7-11(3)8-10-12/h7-10H,5-6H2,1-4H3. The highest BCUT2D eigenvalue weighted by Gasteiger charge is 2.29. The Hall–Kier alpha value is -0.870. The van der Waals surface area contributed by atoms with Crippen molar-refractivity contribution in [3.05, 3.63) is 29.8 Å². The third kappa shape index (κ3) is 3.54. The minimum Gasteiger partial charge on any atom is -0.260 e. The summed E-state index contributed by atoms with van der Waals surface area (Å²) in [7, 11) is -3.66. The largest absolute Gasteiger partial charge is 0.297 e. The monoisotopic (exact) mass is 256 g/mol. The molecule has 96 valence electrons. The number of hydrogen-bond acceptors (Lipinski definition) is 3. The summed E-state index contributed by atoms with van der Waals surface area (Å²) in [5, 5.41) is 0. The van der Waals surface area contributed by atoms with E-state index in [1.807, 2.05) is 27.7 Å². The van der Waals surface area contributed by atoms with Gasteiger partial charge in [0.15, 0.2) is 0 Å². The highest BCUT2D eigenvalue weighted by atomic mass is 32.2. The molecule has 0 amide bonds. The Balaban J connectivity index is 3.00. The van der Waals surface area contributed by atoms with Gasteiger partial charge in [0.25, 0.3) is 10.1 Å². The Morgan fingerprint density at radius 1 is 1.12 bits per heavy atom. The molecule has 0 heterocycles. The van der Waals surface area contributed by atoms with E-state index < -0.39 is 15.7 Å². The highest BCUT2D eigenvalue weighted by molar-refractivity contribution is 7.86. The Labute approximate surface area is 104 Å². The lowest BCUT2D eigenvalue weighted by molar-refractivity contribution is 0.0883. The number of benzene rings is 1. The van der Waals surface area contributed by atoms with E-state index in [2.05, 4.69) is 0 Å². The maximum absolute atomic E-state index is 12.1. The van der Waals surface area contributed by atoms with Crippen LogP contribution in [0, 0.1) is 6.92 Å². The zero-order chi connectivity index (χ0) is 13.1. The molecule has 1 aromatic rings. The summed E-state index contributed by atoms with van der Waals surface area (Å²) in [6.07, 6.45) is 1.32. The molecular formula is C13H20O3S. The van der Waals surface area contributed by atoms with Crippen LogP contribution in [-0.4, -0.2) is 14.0 Å². The van der Waals surface area contributed by atoms with E-state index in [0.29, 0.717) is 12.8 Å². The van der Waals surface area contributed by atoms with Crippen LogP contribution in [0.15, 0.2) is 29.2 Å². The van der Waals surface area contributed by atoms with Gasteiger partial charge in [0.05, 0.1) is 10.5 Å². The van der Waals surface area contributed by atoms with E-state index in [9.17, 15) is 8.42 Å². The minimum atomic E-state index is -3.66. The summed E-state index contributed by atoms with van der Waals surface area (Å²) in [5.41, 5.74) is 0.404. The Kier molecular flexibility index (Phi) is 4.33. The van der Waals surface area contributed by atoms with Gasteiger partial charge in [0.2, 0.25) is 0 Å². The van der Waals surface area contributed by atoms with E-state index in [-0.39, 0.29) is 4.90 Å². The molecule has 0 N–H and O–H groups in total. The second kappa shape index (κ2) is 5.19. The molecule has 4 heteroatoms. The van der Waals surface area contributed by atoms with Gasteiger partial charge in [0.1, 0.15) is 0 Å². The van der Waals surface area contributed by atoms with E-state index >= 15 is 0 Å². The van der Waals surface area contributed by atoms with Gasteiger partial charge in [0, 0.05) is 0 Å². The summed E-state index contributed by atoms with van der Waals surface area (Å²) >= 11 is 0. The Bertz CT molecular complexity index is 456. The third-order valence-electron chi connectivity index (χ3n) is 3.12. The molecule has 1 rings (SSSR count). The van der Waals surface area contributed by atoms with Gasteiger partial charge < -0.3 is 0 Å². The fraction of sp³-hybridized carbons (Fsp3) is 0.538. The van der Waals surface area contributed by atoms with Crippen molar-refractivity contribution in [3.63, 3.8) is 0 Å². The lowest BCUT2D eigenvalue weighted by Gasteiger charge is -2.26. The molecule has 0 bridgehead atoms. The molecular weight excluding hydrogens is 236 g/mol. The quantitative estimate of drug-likeness (QED) is 0.759. The lowest BCUT2D eigenvalue weighted by atomic mass is 10.0. The van der Waals surface area contributed by atoms with E-state index in [1.54, 1.807) is 24.3 Å². The molecule has 0 spiro atoms. The maximum Gasteiger partial charge on any atom is 0.297 e. The smallest absolute Gasteiger partial charge is 0.260 e. The second-order valence-corrected chi connectivity index (χ2v) is 6.05. The van der Waals surface area contributed by atoms with E-state index in [0.717, 1.165) is 5.56 Å². The fourth-order valence-electron chi connectivity index (χ4n) is 1.39. The van der Waals surface area contributed by atoms with Gasteiger partial charge in [-0.2, -0.15) is 8.42 Å². The molecule has 17 heavy (non-hydrogen) atoms. The van der Waals surface area contributed by atoms with Crippen LogP contribution in [0.2, 0.25) is 0 Å². The van der Waals surface area contributed by atoms with Crippen molar-refractivity contribution in [1.82, 2.24) is 0 Å². The van der Waals surface area contributed by atoms with Crippen LogP contribution in [0.4, 0.5) is 0 Å². The van der Waals surface area contributed by atoms with Crippen molar-refractivity contribution >= 4 is 10.1 Å². The van der Waals surface area contributed by atoms with Crippen molar-refractivity contribution in [3.8, 4) is 0 Å². The average molecular weight is 256 g/mol. The maximum atomic E-state index is 12.1. The van der Waals surface area contributed by atoms with Crippen LogP contribution in [0.1, 0.15) is 39.2 Å². The molecule has 0 saturated carbocycles. The summed E-state index contributed by atoms with van der Waals surface area (Å²) < 4.78 is 29.4. The van der Waals surface area contributed by atoms with Gasteiger partial charge in [-0.15, -0.1) is 0 Å². The van der Waals surface area contributed by atoms with Gasteiger partial charge in [-0.1, -0.05) is 31.5 Å². The summed E-state index contributed by atoms with van der Waals surface area (Å²) in [6.45, 7) is 7.58. The third-order valence-corrected chi connectivity index (χ3v) is 4.59. The van der Waals surface area contributed by atoms with Crippen LogP contribution in [0.5, 0.6) is 0 Å². The molecule has 0 atom stereocenters. The topological polar surface area (TPSA) is 43.4 Å².